The lowest BCUT2D eigenvalue weighted by molar-refractivity contribution is 0.0994. The maximum atomic E-state index is 12.7. The van der Waals surface area contributed by atoms with Gasteiger partial charge in [-0.25, -0.2) is 4.98 Å². The van der Waals surface area contributed by atoms with Gasteiger partial charge < -0.3 is 15.1 Å². The topological polar surface area (TPSA) is 84.2 Å². The van der Waals surface area contributed by atoms with Crippen LogP contribution in [0.25, 0.3) is 10.6 Å². The van der Waals surface area contributed by atoms with Gasteiger partial charge in [-0.1, -0.05) is 30.3 Å². The summed E-state index contributed by atoms with van der Waals surface area (Å²) >= 11 is 1.36. The lowest BCUT2D eigenvalue weighted by Gasteiger charge is -2.07. The van der Waals surface area contributed by atoms with Gasteiger partial charge >= 0.3 is 0 Å². The molecule has 0 bridgehead atoms. The average molecular weight is 403 g/mol. The molecule has 4 rings (SSSR count). The number of aromatic nitrogens is 1. The number of carbonyl (C=O) groups excluding carboxylic acids is 2. The maximum absolute atomic E-state index is 12.7. The summed E-state index contributed by atoms with van der Waals surface area (Å²) < 4.78 is 5.06. The zero-order chi connectivity index (χ0) is 20.2. The largest absolute Gasteiger partial charge is 0.459 e. The van der Waals surface area contributed by atoms with Crippen molar-refractivity contribution in [2.75, 3.05) is 10.6 Å². The van der Waals surface area contributed by atoms with Crippen LogP contribution in [0.1, 0.15) is 25.9 Å². The van der Waals surface area contributed by atoms with Gasteiger partial charge in [-0.15, -0.1) is 11.3 Å². The van der Waals surface area contributed by atoms with Gasteiger partial charge in [-0.2, -0.15) is 0 Å². The standard InChI is InChI=1S/C22H17N3O3S/c1-14-19(29-22(23-14)15-6-3-2-4-7-15)21(27)25-17-11-9-16(10-12-17)24-20(26)18-8-5-13-28-18/h2-13H,1H3,(H,24,26)(H,25,27). The van der Waals surface area contributed by atoms with Gasteiger partial charge in [0.25, 0.3) is 11.8 Å². The molecule has 0 radical (unpaired) electrons. The van der Waals surface area contributed by atoms with E-state index in [9.17, 15) is 9.59 Å². The van der Waals surface area contributed by atoms with Crippen molar-refractivity contribution in [3.05, 3.63) is 89.3 Å². The Morgan fingerprint density at radius 1 is 0.862 bits per heavy atom. The fraction of sp³-hybridized carbons (Fsp3) is 0.0455. The zero-order valence-electron chi connectivity index (χ0n) is 15.5. The maximum Gasteiger partial charge on any atom is 0.291 e. The highest BCUT2D eigenvalue weighted by Crippen LogP contribution is 2.28. The molecule has 0 atom stereocenters. The van der Waals surface area contributed by atoms with Crippen LogP contribution in [-0.4, -0.2) is 16.8 Å². The second kappa shape index (κ2) is 8.12. The van der Waals surface area contributed by atoms with E-state index in [1.54, 1.807) is 36.4 Å². The van der Waals surface area contributed by atoms with Crippen LogP contribution in [0.3, 0.4) is 0 Å². The Morgan fingerprint density at radius 2 is 1.52 bits per heavy atom. The number of carbonyl (C=O) groups is 2. The molecule has 0 fully saturated rings. The fourth-order valence-corrected chi connectivity index (χ4v) is 3.70. The highest BCUT2D eigenvalue weighted by atomic mass is 32.1. The summed E-state index contributed by atoms with van der Waals surface area (Å²) in [5.41, 5.74) is 2.90. The second-order valence-electron chi connectivity index (χ2n) is 6.26. The predicted octanol–water partition coefficient (Wildman–Crippen LogP) is 5.22. The normalized spacial score (nSPS) is 10.5. The van der Waals surface area contributed by atoms with Gasteiger partial charge in [0.1, 0.15) is 9.88 Å². The number of thiazole rings is 1. The van der Waals surface area contributed by atoms with E-state index >= 15 is 0 Å². The summed E-state index contributed by atoms with van der Waals surface area (Å²) in [5.74, 6) is -0.313. The van der Waals surface area contributed by atoms with E-state index < -0.39 is 0 Å². The monoisotopic (exact) mass is 403 g/mol. The summed E-state index contributed by atoms with van der Waals surface area (Å²) in [6, 6.07) is 19.9. The van der Waals surface area contributed by atoms with Crippen molar-refractivity contribution in [1.82, 2.24) is 4.98 Å². The van der Waals surface area contributed by atoms with E-state index in [2.05, 4.69) is 15.6 Å². The first-order valence-corrected chi connectivity index (χ1v) is 9.71. The number of nitrogens with one attached hydrogen (secondary N) is 2. The third kappa shape index (κ3) is 4.25. The zero-order valence-corrected chi connectivity index (χ0v) is 16.3. The molecule has 0 saturated carbocycles. The van der Waals surface area contributed by atoms with Gasteiger partial charge in [0.15, 0.2) is 5.76 Å². The van der Waals surface area contributed by atoms with Crippen molar-refractivity contribution < 1.29 is 14.0 Å². The summed E-state index contributed by atoms with van der Waals surface area (Å²) in [6.45, 7) is 1.82. The van der Waals surface area contributed by atoms with Gasteiger partial charge in [0.2, 0.25) is 0 Å². The molecule has 29 heavy (non-hydrogen) atoms. The van der Waals surface area contributed by atoms with Crippen LogP contribution < -0.4 is 10.6 Å². The number of anilines is 2. The molecule has 0 aliphatic rings. The molecule has 144 valence electrons. The van der Waals surface area contributed by atoms with Gasteiger partial charge in [0.05, 0.1) is 12.0 Å². The molecule has 0 aliphatic carbocycles. The minimum Gasteiger partial charge on any atom is -0.459 e. The van der Waals surface area contributed by atoms with Crippen LogP contribution in [0, 0.1) is 6.92 Å². The number of furan rings is 1. The molecule has 0 saturated heterocycles. The quantitative estimate of drug-likeness (QED) is 0.479. The van der Waals surface area contributed by atoms with Crippen molar-refractivity contribution in [3.8, 4) is 10.6 Å². The first-order valence-electron chi connectivity index (χ1n) is 8.89. The molecule has 2 aromatic carbocycles. The summed E-state index contributed by atoms with van der Waals surface area (Å²) in [6.07, 6.45) is 1.44. The Labute approximate surface area is 171 Å². The molecule has 0 unspecified atom stereocenters. The van der Waals surface area contributed by atoms with Gasteiger partial charge in [0, 0.05) is 16.9 Å². The Kier molecular flexibility index (Phi) is 5.22. The van der Waals surface area contributed by atoms with E-state index in [4.69, 9.17) is 4.42 Å². The highest BCUT2D eigenvalue weighted by molar-refractivity contribution is 7.17. The molecular formula is C22H17N3O3S. The van der Waals surface area contributed by atoms with E-state index in [0.29, 0.717) is 21.9 Å². The Hall–Kier alpha value is -3.71. The van der Waals surface area contributed by atoms with Crippen molar-refractivity contribution in [2.24, 2.45) is 0 Å². The summed E-state index contributed by atoms with van der Waals surface area (Å²) in [7, 11) is 0. The van der Waals surface area contributed by atoms with Crippen molar-refractivity contribution in [1.29, 1.82) is 0 Å². The molecule has 4 aromatic rings. The van der Waals surface area contributed by atoms with Gasteiger partial charge in [-0.3, -0.25) is 9.59 Å². The van der Waals surface area contributed by atoms with Crippen LogP contribution >= 0.6 is 11.3 Å². The number of benzene rings is 2. The summed E-state index contributed by atoms with van der Waals surface area (Å²) in [5, 5.41) is 6.42. The van der Waals surface area contributed by atoms with Crippen LogP contribution in [0.2, 0.25) is 0 Å². The molecule has 2 N–H and O–H groups in total. The fourth-order valence-electron chi connectivity index (χ4n) is 2.74. The van der Waals surface area contributed by atoms with E-state index in [-0.39, 0.29) is 17.6 Å². The predicted molar refractivity (Wildman–Crippen MR) is 113 cm³/mol. The van der Waals surface area contributed by atoms with Crippen molar-refractivity contribution >= 4 is 34.5 Å². The number of rotatable bonds is 5. The number of aryl methyl sites for hydroxylation is 1. The van der Waals surface area contributed by atoms with Crippen LogP contribution in [-0.2, 0) is 0 Å². The third-order valence-corrected chi connectivity index (χ3v) is 5.37. The number of hydrogen-bond donors (Lipinski definition) is 2. The van der Waals surface area contributed by atoms with Crippen LogP contribution in [0.4, 0.5) is 11.4 Å². The Balaban J connectivity index is 1.44. The molecular weight excluding hydrogens is 386 g/mol. The first-order chi connectivity index (χ1) is 14.1. The van der Waals surface area contributed by atoms with Gasteiger partial charge in [-0.05, 0) is 43.3 Å². The Morgan fingerprint density at radius 3 is 2.14 bits per heavy atom. The molecule has 0 spiro atoms. The van der Waals surface area contributed by atoms with Crippen LogP contribution in [0.5, 0.6) is 0 Å². The van der Waals surface area contributed by atoms with E-state index in [0.717, 1.165) is 10.6 Å². The molecule has 6 nitrogen and oxygen atoms in total. The highest BCUT2D eigenvalue weighted by Gasteiger charge is 2.16. The lowest BCUT2D eigenvalue weighted by Crippen LogP contribution is -2.12. The number of hydrogen-bond acceptors (Lipinski definition) is 5. The molecule has 2 aromatic heterocycles. The van der Waals surface area contributed by atoms with Crippen LogP contribution in [0.15, 0.2) is 77.4 Å². The lowest BCUT2D eigenvalue weighted by atomic mass is 10.2. The molecule has 2 amide bonds. The SMILES string of the molecule is Cc1nc(-c2ccccc2)sc1C(=O)Nc1ccc(NC(=O)c2ccco2)cc1. The van der Waals surface area contributed by atoms with Crippen molar-refractivity contribution in [3.63, 3.8) is 0 Å². The minimum atomic E-state index is -0.333. The number of amides is 2. The smallest absolute Gasteiger partial charge is 0.291 e. The Bertz CT molecular complexity index is 1130. The molecule has 0 aliphatic heterocycles. The van der Waals surface area contributed by atoms with E-state index in [1.807, 2.05) is 37.3 Å². The van der Waals surface area contributed by atoms with E-state index in [1.165, 1.54) is 17.6 Å². The van der Waals surface area contributed by atoms with Crippen molar-refractivity contribution in [2.45, 2.75) is 6.92 Å². The molecule has 7 heteroatoms. The average Bonchev–Trinajstić information content (AvgIpc) is 3.40. The third-order valence-electron chi connectivity index (χ3n) is 4.17. The minimum absolute atomic E-state index is 0.213. The second-order valence-corrected chi connectivity index (χ2v) is 7.26. The molecule has 2 heterocycles. The number of nitrogens with zero attached hydrogens (tertiary/aromatic N) is 1. The first kappa shape index (κ1) is 18.6. The summed E-state index contributed by atoms with van der Waals surface area (Å²) in [4.78, 5) is 29.8.